The fourth-order valence-corrected chi connectivity index (χ4v) is 5.82. The van der Waals surface area contributed by atoms with Gasteiger partial charge in [0.15, 0.2) is 0 Å². The molecule has 0 spiro atoms. The third-order valence-electron chi connectivity index (χ3n) is 6.26. The van der Waals surface area contributed by atoms with E-state index in [0.29, 0.717) is 24.9 Å². The maximum absolute atomic E-state index is 12.0. The number of benzene rings is 2. The van der Waals surface area contributed by atoms with Crippen LogP contribution in [0.4, 0.5) is 0 Å². The van der Waals surface area contributed by atoms with Gasteiger partial charge in [0.1, 0.15) is 0 Å². The Balaban J connectivity index is 1.78. The number of piperidine rings is 1. The van der Waals surface area contributed by atoms with Crippen LogP contribution in [0.3, 0.4) is 0 Å². The van der Waals surface area contributed by atoms with Crippen LogP contribution in [0.5, 0.6) is 0 Å². The van der Waals surface area contributed by atoms with Crippen molar-refractivity contribution in [2.24, 2.45) is 5.92 Å². The second kappa shape index (κ2) is 7.84. The predicted molar refractivity (Wildman–Crippen MR) is 117 cm³/mol. The van der Waals surface area contributed by atoms with Gasteiger partial charge in [-0.25, -0.2) is 12.7 Å². The second-order valence-electron chi connectivity index (χ2n) is 8.11. The van der Waals surface area contributed by atoms with Crippen molar-refractivity contribution in [3.8, 4) is 0 Å². The molecule has 4 rings (SSSR count). The van der Waals surface area contributed by atoms with Gasteiger partial charge in [-0.3, -0.25) is 0 Å². The lowest BCUT2D eigenvalue weighted by molar-refractivity contribution is 0.257. The molecule has 0 aromatic heterocycles. The van der Waals surface area contributed by atoms with Crippen molar-refractivity contribution in [2.45, 2.75) is 38.5 Å². The molecule has 0 radical (unpaired) electrons. The van der Waals surface area contributed by atoms with Crippen molar-refractivity contribution >= 4 is 21.7 Å². The Hall–Kier alpha value is -1.91. The van der Waals surface area contributed by atoms with Crippen molar-refractivity contribution < 1.29 is 8.42 Å². The lowest BCUT2D eigenvalue weighted by Crippen LogP contribution is -2.39. The molecule has 0 bridgehead atoms. The monoisotopic (exact) mass is 395 g/mol. The highest BCUT2D eigenvalue weighted by atomic mass is 32.2. The number of rotatable bonds is 4. The van der Waals surface area contributed by atoms with E-state index in [1.807, 2.05) is 0 Å². The van der Waals surface area contributed by atoms with Gasteiger partial charge in [0.25, 0.3) is 0 Å². The topological polar surface area (TPSA) is 37.4 Å². The Labute approximate surface area is 169 Å². The average molecular weight is 396 g/mol. The Morgan fingerprint density at radius 3 is 2.29 bits per heavy atom. The van der Waals surface area contributed by atoms with Crippen LogP contribution >= 0.6 is 0 Å². The molecule has 1 atom stereocenters. The summed E-state index contributed by atoms with van der Waals surface area (Å²) in [5, 5.41) is 0. The summed E-state index contributed by atoms with van der Waals surface area (Å²) in [5.74, 6) is 0.773. The fourth-order valence-electron chi connectivity index (χ4n) is 4.94. The number of fused-ring (bicyclic) bond motifs is 2. The molecule has 2 aromatic carbocycles. The van der Waals surface area contributed by atoms with E-state index < -0.39 is 10.0 Å². The summed E-state index contributed by atoms with van der Waals surface area (Å²) in [6.07, 6.45) is 7.71. The highest BCUT2D eigenvalue weighted by Gasteiger charge is 2.34. The minimum absolute atomic E-state index is 0.319. The maximum atomic E-state index is 12.0. The summed E-state index contributed by atoms with van der Waals surface area (Å²) in [6, 6.07) is 17.6. The fraction of sp³-hybridized carbons (Fsp3) is 0.417. The van der Waals surface area contributed by atoms with Gasteiger partial charge in [0.2, 0.25) is 10.0 Å². The SMILES string of the molecule is CCCC1=Cc2ccccc2C(C2CCN(S(C)(=O)=O)CC2)c2ccccc21. The highest BCUT2D eigenvalue weighted by molar-refractivity contribution is 7.88. The quantitative estimate of drug-likeness (QED) is 0.718. The van der Waals surface area contributed by atoms with E-state index in [2.05, 4.69) is 61.5 Å². The first kappa shape index (κ1) is 19.4. The summed E-state index contributed by atoms with van der Waals surface area (Å²) in [6.45, 7) is 3.48. The van der Waals surface area contributed by atoms with Crippen molar-refractivity contribution in [3.63, 3.8) is 0 Å². The first-order valence-corrected chi connectivity index (χ1v) is 12.2. The third-order valence-corrected chi connectivity index (χ3v) is 7.56. The normalized spacial score (nSPS) is 20.8. The summed E-state index contributed by atoms with van der Waals surface area (Å²) in [5.41, 5.74) is 6.90. The molecule has 1 heterocycles. The van der Waals surface area contributed by atoms with Gasteiger partial charge < -0.3 is 0 Å². The van der Waals surface area contributed by atoms with E-state index in [0.717, 1.165) is 25.7 Å². The summed E-state index contributed by atoms with van der Waals surface area (Å²) < 4.78 is 25.5. The van der Waals surface area contributed by atoms with Crippen molar-refractivity contribution in [1.82, 2.24) is 4.31 Å². The Kier molecular flexibility index (Phi) is 5.44. The van der Waals surface area contributed by atoms with E-state index in [4.69, 9.17) is 0 Å². The number of sulfonamides is 1. The van der Waals surface area contributed by atoms with Crippen molar-refractivity contribution in [3.05, 3.63) is 70.8 Å². The van der Waals surface area contributed by atoms with Crippen LogP contribution in [0.2, 0.25) is 0 Å². The van der Waals surface area contributed by atoms with E-state index in [-0.39, 0.29) is 0 Å². The standard InChI is InChI=1S/C24H29NO2S/c1-3-8-19-17-20-9-4-5-11-22(20)24(23-12-7-6-10-21(19)23)18-13-15-25(16-14-18)28(2,26)27/h4-7,9-12,17-18,24H,3,8,13-16H2,1-2H3. The molecule has 2 aromatic rings. The molecule has 3 nitrogen and oxygen atoms in total. The smallest absolute Gasteiger partial charge is 0.211 e. The molecule has 0 N–H and O–H groups in total. The van der Waals surface area contributed by atoms with Crippen LogP contribution in [-0.4, -0.2) is 32.1 Å². The van der Waals surface area contributed by atoms with Crippen LogP contribution in [0.15, 0.2) is 48.5 Å². The molecule has 1 fully saturated rings. The van der Waals surface area contributed by atoms with Gasteiger partial charge in [-0.2, -0.15) is 0 Å². The average Bonchev–Trinajstić information content (AvgIpc) is 2.82. The Morgan fingerprint density at radius 1 is 0.964 bits per heavy atom. The molecule has 1 unspecified atom stereocenters. The van der Waals surface area contributed by atoms with Crippen LogP contribution in [-0.2, 0) is 10.0 Å². The molecule has 0 amide bonds. The first-order chi connectivity index (χ1) is 13.5. The predicted octanol–water partition coefficient (Wildman–Crippen LogP) is 5.14. The van der Waals surface area contributed by atoms with Gasteiger partial charge in [-0.15, -0.1) is 0 Å². The van der Waals surface area contributed by atoms with Gasteiger partial charge in [0, 0.05) is 19.0 Å². The number of hydrogen-bond acceptors (Lipinski definition) is 2. The van der Waals surface area contributed by atoms with E-state index >= 15 is 0 Å². The highest BCUT2D eigenvalue weighted by Crippen LogP contribution is 2.45. The molecule has 1 aliphatic heterocycles. The number of nitrogens with zero attached hydrogens (tertiary/aromatic N) is 1. The minimum atomic E-state index is -3.10. The Morgan fingerprint density at radius 2 is 1.61 bits per heavy atom. The lowest BCUT2D eigenvalue weighted by Gasteiger charge is -2.36. The molecule has 4 heteroatoms. The minimum Gasteiger partial charge on any atom is -0.213 e. The van der Waals surface area contributed by atoms with Crippen LogP contribution in [0, 0.1) is 5.92 Å². The van der Waals surface area contributed by atoms with Crippen LogP contribution < -0.4 is 0 Å². The maximum Gasteiger partial charge on any atom is 0.211 e. The third kappa shape index (κ3) is 3.68. The molecule has 2 aliphatic rings. The van der Waals surface area contributed by atoms with Gasteiger partial charge in [0.05, 0.1) is 6.26 Å². The zero-order valence-corrected chi connectivity index (χ0v) is 17.6. The summed E-state index contributed by atoms with van der Waals surface area (Å²) >= 11 is 0. The van der Waals surface area contributed by atoms with E-state index in [1.165, 1.54) is 34.1 Å². The lowest BCUT2D eigenvalue weighted by atomic mass is 9.74. The zero-order chi connectivity index (χ0) is 19.7. The molecule has 1 saturated heterocycles. The molecule has 0 saturated carbocycles. The Bertz CT molecular complexity index is 985. The second-order valence-corrected chi connectivity index (χ2v) is 10.1. The van der Waals surface area contributed by atoms with Gasteiger partial charge >= 0.3 is 0 Å². The van der Waals surface area contributed by atoms with E-state index in [9.17, 15) is 8.42 Å². The van der Waals surface area contributed by atoms with Crippen molar-refractivity contribution in [2.75, 3.05) is 19.3 Å². The zero-order valence-electron chi connectivity index (χ0n) is 16.8. The number of hydrogen-bond donors (Lipinski definition) is 0. The molecule has 1 aliphatic carbocycles. The van der Waals surface area contributed by atoms with Crippen LogP contribution in [0.25, 0.3) is 11.6 Å². The van der Waals surface area contributed by atoms with Gasteiger partial charge in [-0.05, 0) is 53.0 Å². The summed E-state index contributed by atoms with van der Waals surface area (Å²) in [4.78, 5) is 0. The summed E-state index contributed by atoms with van der Waals surface area (Å²) in [7, 11) is -3.10. The number of allylic oxidation sites excluding steroid dienone is 1. The van der Waals surface area contributed by atoms with Crippen LogP contribution in [0.1, 0.15) is 60.8 Å². The molecule has 148 valence electrons. The molecular weight excluding hydrogens is 366 g/mol. The largest absolute Gasteiger partial charge is 0.213 e. The van der Waals surface area contributed by atoms with E-state index in [1.54, 1.807) is 4.31 Å². The molecule has 28 heavy (non-hydrogen) atoms. The first-order valence-electron chi connectivity index (χ1n) is 10.3. The molecular formula is C24H29NO2S. The van der Waals surface area contributed by atoms with Gasteiger partial charge in [-0.1, -0.05) is 68.0 Å². The van der Waals surface area contributed by atoms with Crippen molar-refractivity contribution in [1.29, 1.82) is 0 Å².